The number of aryl methyl sites for hydroxylation is 1. The van der Waals surface area contributed by atoms with Crippen molar-refractivity contribution in [1.82, 2.24) is 14.5 Å². The Morgan fingerprint density at radius 1 is 1.50 bits per heavy atom. The van der Waals surface area contributed by atoms with Crippen LogP contribution in [0.1, 0.15) is 6.92 Å². The Bertz CT molecular complexity index is 431. The first-order valence-corrected chi connectivity index (χ1v) is 4.29. The molecule has 0 bridgehead atoms. The second-order valence-corrected chi connectivity index (χ2v) is 2.83. The number of rotatable bonds is 0. The highest BCUT2D eigenvalue weighted by atomic mass is 15.0. The minimum atomic E-state index is 0.538. The van der Waals surface area contributed by atoms with Gasteiger partial charge in [-0.1, -0.05) is 6.08 Å². The molecule has 0 aliphatic rings. The summed E-state index contributed by atoms with van der Waals surface area (Å²) in [6.07, 6.45) is 5.13. The Balaban J connectivity index is 0.000000293. The van der Waals surface area contributed by atoms with Crippen LogP contribution in [0.3, 0.4) is 0 Å². The smallest absolute Gasteiger partial charge is 0.145 e. The molecular weight excluding hydrogens is 176 g/mol. The van der Waals surface area contributed by atoms with Crippen molar-refractivity contribution in [2.45, 2.75) is 6.92 Å². The molecule has 0 fully saturated rings. The van der Waals surface area contributed by atoms with Gasteiger partial charge in [0.1, 0.15) is 17.8 Å². The largest absolute Gasteiger partial charge is 0.383 e. The normalized spacial score (nSPS) is 9.29. The van der Waals surface area contributed by atoms with E-state index in [1.165, 1.54) is 6.33 Å². The molecule has 0 saturated carbocycles. The second kappa shape index (κ2) is 4.41. The van der Waals surface area contributed by atoms with E-state index < -0.39 is 0 Å². The van der Waals surface area contributed by atoms with Crippen molar-refractivity contribution < 1.29 is 0 Å². The number of hydrogen-bond acceptors (Lipinski definition) is 3. The number of aromatic nitrogens is 3. The highest BCUT2D eigenvalue weighted by Crippen LogP contribution is 2.15. The molecule has 0 amide bonds. The van der Waals surface area contributed by atoms with Crippen molar-refractivity contribution >= 4 is 16.9 Å². The van der Waals surface area contributed by atoms with Crippen molar-refractivity contribution in [2.24, 2.45) is 7.05 Å². The van der Waals surface area contributed by atoms with E-state index in [0.29, 0.717) is 5.82 Å². The molecule has 4 heteroatoms. The van der Waals surface area contributed by atoms with Crippen molar-refractivity contribution in [3.63, 3.8) is 0 Å². The first-order chi connectivity index (χ1) is 6.70. The second-order valence-electron chi connectivity index (χ2n) is 2.83. The van der Waals surface area contributed by atoms with E-state index in [4.69, 9.17) is 5.73 Å². The Morgan fingerprint density at radius 2 is 2.14 bits per heavy atom. The maximum atomic E-state index is 5.61. The zero-order chi connectivity index (χ0) is 10.6. The topological polar surface area (TPSA) is 56.7 Å². The molecule has 0 aliphatic heterocycles. The number of fused-ring (bicyclic) bond motifs is 1. The summed E-state index contributed by atoms with van der Waals surface area (Å²) in [6, 6.07) is 1.91. The third kappa shape index (κ3) is 1.90. The third-order valence-corrected chi connectivity index (χ3v) is 1.69. The van der Waals surface area contributed by atoms with Crippen LogP contribution in [0.25, 0.3) is 11.0 Å². The maximum Gasteiger partial charge on any atom is 0.145 e. The lowest BCUT2D eigenvalue weighted by Gasteiger charge is -1.94. The van der Waals surface area contributed by atoms with E-state index in [1.54, 1.807) is 6.08 Å². The van der Waals surface area contributed by atoms with Gasteiger partial charge in [-0.25, -0.2) is 9.97 Å². The molecule has 0 radical (unpaired) electrons. The predicted molar refractivity (Wildman–Crippen MR) is 58.8 cm³/mol. The van der Waals surface area contributed by atoms with Crippen LogP contribution in [-0.2, 0) is 7.05 Å². The molecule has 2 aromatic heterocycles. The number of nitrogens with two attached hydrogens (primary N) is 1. The van der Waals surface area contributed by atoms with E-state index in [1.807, 2.05) is 30.8 Å². The van der Waals surface area contributed by atoms with Gasteiger partial charge in [0, 0.05) is 13.2 Å². The average molecular weight is 190 g/mol. The van der Waals surface area contributed by atoms with E-state index in [-0.39, 0.29) is 0 Å². The fourth-order valence-corrected chi connectivity index (χ4v) is 1.10. The van der Waals surface area contributed by atoms with Crippen LogP contribution in [0.5, 0.6) is 0 Å². The van der Waals surface area contributed by atoms with E-state index in [0.717, 1.165) is 11.0 Å². The molecule has 0 saturated heterocycles. The Hall–Kier alpha value is -1.84. The van der Waals surface area contributed by atoms with Gasteiger partial charge in [0.25, 0.3) is 0 Å². The van der Waals surface area contributed by atoms with Gasteiger partial charge in [0.15, 0.2) is 0 Å². The molecule has 0 unspecified atom stereocenters. The first kappa shape index (κ1) is 10.2. The molecule has 2 N–H and O–H groups in total. The summed E-state index contributed by atoms with van der Waals surface area (Å²) in [5, 5.41) is 0.912. The van der Waals surface area contributed by atoms with Crippen LogP contribution >= 0.6 is 0 Å². The van der Waals surface area contributed by atoms with Crippen molar-refractivity contribution in [1.29, 1.82) is 0 Å². The summed E-state index contributed by atoms with van der Waals surface area (Å²) < 4.78 is 1.91. The van der Waals surface area contributed by atoms with Gasteiger partial charge >= 0.3 is 0 Å². The van der Waals surface area contributed by atoms with Gasteiger partial charge in [-0.2, -0.15) is 0 Å². The van der Waals surface area contributed by atoms with Crippen LogP contribution < -0.4 is 5.73 Å². The van der Waals surface area contributed by atoms with Gasteiger partial charge in [-0.3, -0.25) is 0 Å². The fraction of sp³-hybridized carbons (Fsp3) is 0.200. The first-order valence-electron chi connectivity index (χ1n) is 4.29. The lowest BCUT2D eigenvalue weighted by molar-refractivity contribution is 0.944. The van der Waals surface area contributed by atoms with Gasteiger partial charge in [-0.05, 0) is 13.0 Å². The number of nitrogens with zero attached hydrogens (tertiary/aromatic N) is 3. The molecule has 0 atom stereocenters. The minimum Gasteiger partial charge on any atom is -0.383 e. The number of allylic oxidation sites excluding steroid dienone is 1. The van der Waals surface area contributed by atoms with Crippen LogP contribution in [0.4, 0.5) is 5.82 Å². The number of nitrogen functional groups attached to an aromatic ring is 1. The third-order valence-electron chi connectivity index (χ3n) is 1.69. The summed E-state index contributed by atoms with van der Waals surface area (Å²) in [5.74, 6) is 0.538. The zero-order valence-corrected chi connectivity index (χ0v) is 8.44. The molecular formula is C10H14N4. The molecule has 14 heavy (non-hydrogen) atoms. The molecule has 4 nitrogen and oxygen atoms in total. The number of anilines is 1. The molecule has 2 rings (SSSR count). The summed E-state index contributed by atoms with van der Waals surface area (Å²) >= 11 is 0. The zero-order valence-electron chi connectivity index (χ0n) is 8.44. The van der Waals surface area contributed by atoms with Gasteiger partial charge < -0.3 is 10.3 Å². The molecule has 2 heterocycles. The Kier molecular flexibility index (Phi) is 3.23. The average Bonchev–Trinajstić information content (AvgIpc) is 2.51. The highest BCUT2D eigenvalue weighted by molar-refractivity contribution is 5.85. The summed E-state index contributed by atoms with van der Waals surface area (Å²) in [6.45, 7) is 5.25. The fourth-order valence-electron chi connectivity index (χ4n) is 1.10. The quantitative estimate of drug-likeness (QED) is 0.644. The van der Waals surface area contributed by atoms with Gasteiger partial charge in [0.05, 0.1) is 5.39 Å². The standard InChI is InChI=1S/C7H8N4.C3H6/c1-11-3-2-5-6(8)9-4-10-7(5)11;1-3-2/h2-4H,1H3,(H2,8,9,10);3H,1H2,2H3. The predicted octanol–water partition coefficient (Wildman–Crippen LogP) is 1.74. The van der Waals surface area contributed by atoms with Crippen LogP contribution in [0, 0.1) is 0 Å². The van der Waals surface area contributed by atoms with Crippen LogP contribution in [-0.4, -0.2) is 14.5 Å². The molecule has 0 aromatic carbocycles. The lowest BCUT2D eigenvalue weighted by atomic mass is 10.4. The molecule has 2 aromatic rings. The van der Waals surface area contributed by atoms with E-state index in [9.17, 15) is 0 Å². The Labute approximate surface area is 83.1 Å². The SMILES string of the molecule is C=CC.Cn1ccc2c(N)ncnc21. The molecule has 0 aliphatic carbocycles. The summed E-state index contributed by atoms with van der Waals surface area (Å²) in [4.78, 5) is 7.95. The summed E-state index contributed by atoms with van der Waals surface area (Å²) in [5.41, 5.74) is 6.48. The van der Waals surface area contributed by atoms with Gasteiger partial charge in [0.2, 0.25) is 0 Å². The summed E-state index contributed by atoms with van der Waals surface area (Å²) in [7, 11) is 1.93. The molecule has 0 spiro atoms. The van der Waals surface area contributed by atoms with E-state index >= 15 is 0 Å². The van der Waals surface area contributed by atoms with E-state index in [2.05, 4.69) is 16.5 Å². The lowest BCUT2D eigenvalue weighted by Crippen LogP contribution is -1.93. The van der Waals surface area contributed by atoms with Crippen molar-refractivity contribution in [3.05, 3.63) is 31.2 Å². The maximum absolute atomic E-state index is 5.61. The van der Waals surface area contributed by atoms with Gasteiger partial charge in [-0.15, -0.1) is 6.58 Å². The van der Waals surface area contributed by atoms with Crippen molar-refractivity contribution in [3.8, 4) is 0 Å². The molecule has 74 valence electrons. The minimum absolute atomic E-state index is 0.538. The Morgan fingerprint density at radius 3 is 2.71 bits per heavy atom. The number of hydrogen-bond donors (Lipinski definition) is 1. The monoisotopic (exact) mass is 190 g/mol. The van der Waals surface area contributed by atoms with Crippen LogP contribution in [0.15, 0.2) is 31.2 Å². The van der Waals surface area contributed by atoms with Crippen molar-refractivity contribution in [2.75, 3.05) is 5.73 Å². The van der Waals surface area contributed by atoms with Crippen LogP contribution in [0.2, 0.25) is 0 Å². The highest BCUT2D eigenvalue weighted by Gasteiger charge is 2.01.